The van der Waals surface area contributed by atoms with E-state index in [4.69, 9.17) is 5.73 Å². The smallest absolute Gasteiger partial charge is 0.151 e. The average Bonchev–Trinajstić information content (AvgIpc) is 2.23. The highest BCUT2D eigenvalue weighted by molar-refractivity contribution is 8.00. The Balaban J connectivity index is 2.49. The van der Waals surface area contributed by atoms with Crippen LogP contribution in [-0.4, -0.2) is 25.7 Å². The van der Waals surface area contributed by atoms with E-state index in [0.717, 1.165) is 16.1 Å². The van der Waals surface area contributed by atoms with Gasteiger partial charge in [0.15, 0.2) is 9.84 Å². The van der Waals surface area contributed by atoms with Crippen LogP contribution in [0, 0.1) is 6.92 Å². The highest BCUT2D eigenvalue weighted by atomic mass is 32.2. The maximum atomic E-state index is 11.5. The van der Waals surface area contributed by atoms with Crippen LogP contribution in [0.4, 0.5) is 5.69 Å². The standard InChI is InChI=1S/C12H19NO2S2/c1-3-7-17(14,15)8-6-16-11-4-5-12(13)10(2)9-11/h4-5,9H,3,6-8,13H2,1-2H3. The third-order valence-corrected chi connectivity index (χ3v) is 5.53. The fraction of sp³-hybridized carbons (Fsp3) is 0.500. The normalized spacial score (nSPS) is 11.6. The first-order chi connectivity index (χ1) is 7.94. The van der Waals surface area contributed by atoms with Crippen molar-refractivity contribution in [1.29, 1.82) is 0 Å². The average molecular weight is 273 g/mol. The lowest BCUT2D eigenvalue weighted by atomic mass is 10.2. The van der Waals surface area contributed by atoms with Gasteiger partial charge in [-0.25, -0.2) is 8.42 Å². The van der Waals surface area contributed by atoms with Crippen LogP contribution in [0.1, 0.15) is 18.9 Å². The zero-order chi connectivity index (χ0) is 12.9. The summed E-state index contributed by atoms with van der Waals surface area (Å²) in [4.78, 5) is 1.07. The van der Waals surface area contributed by atoms with Crippen LogP contribution in [0.3, 0.4) is 0 Å². The predicted molar refractivity (Wildman–Crippen MR) is 75.3 cm³/mol. The fourth-order valence-electron chi connectivity index (χ4n) is 1.44. The van der Waals surface area contributed by atoms with Crippen LogP contribution in [0.2, 0.25) is 0 Å². The number of hydrogen-bond donors (Lipinski definition) is 1. The number of sulfone groups is 1. The van der Waals surface area contributed by atoms with Crippen molar-refractivity contribution >= 4 is 27.3 Å². The van der Waals surface area contributed by atoms with Gasteiger partial charge in [-0.1, -0.05) is 6.92 Å². The summed E-state index contributed by atoms with van der Waals surface area (Å²) in [6, 6.07) is 5.78. The molecule has 3 nitrogen and oxygen atoms in total. The zero-order valence-corrected chi connectivity index (χ0v) is 11.9. The van der Waals surface area contributed by atoms with Gasteiger partial charge < -0.3 is 5.73 Å². The second-order valence-electron chi connectivity index (χ2n) is 4.02. The fourth-order valence-corrected chi connectivity index (χ4v) is 4.27. The summed E-state index contributed by atoms with van der Waals surface area (Å²) in [5.41, 5.74) is 7.53. The van der Waals surface area contributed by atoms with Gasteiger partial charge in [0, 0.05) is 22.1 Å². The highest BCUT2D eigenvalue weighted by Gasteiger charge is 2.09. The summed E-state index contributed by atoms with van der Waals surface area (Å²) in [6.07, 6.45) is 0.688. The lowest BCUT2D eigenvalue weighted by molar-refractivity contribution is 0.596. The van der Waals surface area contributed by atoms with E-state index in [1.807, 2.05) is 32.0 Å². The molecule has 0 aliphatic rings. The number of nitrogens with two attached hydrogens (primary N) is 1. The third kappa shape index (κ3) is 5.00. The van der Waals surface area contributed by atoms with Gasteiger partial charge in [0.2, 0.25) is 0 Å². The number of rotatable bonds is 6. The van der Waals surface area contributed by atoms with Gasteiger partial charge in [0.1, 0.15) is 0 Å². The minimum absolute atomic E-state index is 0.245. The monoisotopic (exact) mass is 273 g/mol. The van der Waals surface area contributed by atoms with Crippen molar-refractivity contribution in [3.05, 3.63) is 23.8 Å². The van der Waals surface area contributed by atoms with Crippen molar-refractivity contribution in [3.63, 3.8) is 0 Å². The van der Waals surface area contributed by atoms with E-state index in [9.17, 15) is 8.42 Å². The van der Waals surface area contributed by atoms with E-state index in [-0.39, 0.29) is 11.5 Å². The van der Waals surface area contributed by atoms with Gasteiger partial charge in [-0.2, -0.15) is 0 Å². The van der Waals surface area contributed by atoms with E-state index >= 15 is 0 Å². The van der Waals surface area contributed by atoms with Gasteiger partial charge in [-0.15, -0.1) is 11.8 Å². The van der Waals surface area contributed by atoms with Gasteiger partial charge in [0.05, 0.1) is 5.75 Å². The van der Waals surface area contributed by atoms with Crippen LogP contribution < -0.4 is 5.73 Å². The van der Waals surface area contributed by atoms with Crippen molar-refractivity contribution in [2.45, 2.75) is 25.2 Å². The molecule has 0 bridgehead atoms. The molecule has 0 aliphatic heterocycles. The second kappa shape index (κ2) is 6.31. The molecule has 1 rings (SSSR count). The number of nitrogen functional groups attached to an aromatic ring is 1. The van der Waals surface area contributed by atoms with Gasteiger partial charge in [0.25, 0.3) is 0 Å². The molecule has 1 aromatic carbocycles. The Morgan fingerprint density at radius 1 is 1.29 bits per heavy atom. The van der Waals surface area contributed by atoms with E-state index in [0.29, 0.717) is 12.2 Å². The Morgan fingerprint density at radius 2 is 2.00 bits per heavy atom. The first kappa shape index (κ1) is 14.4. The molecule has 0 aromatic heterocycles. The van der Waals surface area contributed by atoms with Gasteiger partial charge in [-0.3, -0.25) is 0 Å². The number of thioether (sulfide) groups is 1. The molecular formula is C12H19NO2S2. The minimum Gasteiger partial charge on any atom is -0.399 e. The predicted octanol–water partition coefficient (Wildman–Crippen LogP) is 2.49. The van der Waals surface area contributed by atoms with Crippen molar-refractivity contribution < 1.29 is 8.42 Å². The first-order valence-electron chi connectivity index (χ1n) is 5.64. The molecule has 0 spiro atoms. The molecule has 0 radical (unpaired) electrons. The summed E-state index contributed by atoms with van der Waals surface area (Å²) in [7, 11) is -2.87. The number of benzene rings is 1. The van der Waals surface area contributed by atoms with Crippen molar-refractivity contribution in [3.8, 4) is 0 Å². The molecule has 0 saturated carbocycles. The number of hydrogen-bond acceptors (Lipinski definition) is 4. The summed E-state index contributed by atoms with van der Waals surface area (Å²) in [5.74, 6) is 1.13. The van der Waals surface area contributed by atoms with E-state index in [1.54, 1.807) is 11.8 Å². The van der Waals surface area contributed by atoms with Crippen LogP contribution in [0.15, 0.2) is 23.1 Å². The molecule has 0 aliphatic carbocycles. The molecule has 0 amide bonds. The highest BCUT2D eigenvalue weighted by Crippen LogP contribution is 2.22. The molecular weight excluding hydrogens is 254 g/mol. The van der Waals surface area contributed by atoms with Crippen LogP contribution in [-0.2, 0) is 9.84 Å². The Labute approximate surface area is 108 Å². The van der Waals surface area contributed by atoms with Crippen LogP contribution in [0.5, 0.6) is 0 Å². The lowest BCUT2D eigenvalue weighted by Gasteiger charge is -2.05. The Bertz CT molecular complexity index is 469. The second-order valence-corrected chi connectivity index (χ2v) is 7.49. The van der Waals surface area contributed by atoms with Gasteiger partial charge >= 0.3 is 0 Å². The number of aryl methyl sites for hydroxylation is 1. The van der Waals surface area contributed by atoms with Crippen molar-refractivity contribution in [2.75, 3.05) is 23.0 Å². The summed E-state index contributed by atoms with van der Waals surface area (Å²) >= 11 is 1.56. The summed E-state index contributed by atoms with van der Waals surface area (Å²) in [6.45, 7) is 3.83. The van der Waals surface area contributed by atoms with Crippen LogP contribution >= 0.6 is 11.8 Å². The molecule has 17 heavy (non-hydrogen) atoms. The summed E-state index contributed by atoms with van der Waals surface area (Å²) < 4.78 is 23.0. The molecule has 96 valence electrons. The van der Waals surface area contributed by atoms with Crippen molar-refractivity contribution in [2.24, 2.45) is 0 Å². The van der Waals surface area contributed by atoms with Crippen molar-refractivity contribution in [1.82, 2.24) is 0 Å². The molecule has 2 N–H and O–H groups in total. The SMILES string of the molecule is CCCS(=O)(=O)CCSc1ccc(N)c(C)c1. The van der Waals surface area contributed by atoms with E-state index in [1.165, 1.54) is 0 Å². The Hall–Kier alpha value is -0.680. The molecule has 0 atom stereocenters. The zero-order valence-electron chi connectivity index (χ0n) is 10.3. The largest absolute Gasteiger partial charge is 0.399 e. The molecule has 1 aromatic rings. The van der Waals surface area contributed by atoms with E-state index in [2.05, 4.69) is 0 Å². The first-order valence-corrected chi connectivity index (χ1v) is 8.44. The molecule has 0 unspecified atom stereocenters. The Morgan fingerprint density at radius 3 is 2.59 bits per heavy atom. The van der Waals surface area contributed by atoms with Crippen LogP contribution in [0.25, 0.3) is 0 Å². The maximum absolute atomic E-state index is 11.5. The molecule has 5 heteroatoms. The maximum Gasteiger partial charge on any atom is 0.151 e. The summed E-state index contributed by atoms with van der Waals surface area (Å²) in [5, 5.41) is 0. The van der Waals surface area contributed by atoms with E-state index < -0.39 is 9.84 Å². The molecule has 0 heterocycles. The molecule has 0 saturated heterocycles. The molecule has 0 fully saturated rings. The third-order valence-electron chi connectivity index (χ3n) is 2.42. The topological polar surface area (TPSA) is 60.2 Å². The minimum atomic E-state index is -2.87. The lowest BCUT2D eigenvalue weighted by Crippen LogP contribution is -2.12. The Kier molecular flexibility index (Phi) is 5.33. The number of anilines is 1. The van der Waals surface area contributed by atoms with Gasteiger partial charge in [-0.05, 0) is 37.1 Å². The quantitative estimate of drug-likeness (QED) is 0.639.